The fourth-order valence-corrected chi connectivity index (χ4v) is 2.60. The first kappa shape index (κ1) is 15.3. The normalized spacial score (nSPS) is 10.0. The molecule has 0 aliphatic rings. The van der Waals surface area contributed by atoms with Crippen LogP contribution < -0.4 is 15.4 Å². The number of rotatable bonds is 5. The minimum Gasteiger partial charge on any atom is -0.497 e. The van der Waals surface area contributed by atoms with E-state index in [4.69, 9.17) is 4.74 Å². The van der Waals surface area contributed by atoms with Crippen molar-refractivity contribution in [2.45, 2.75) is 11.8 Å². The second kappa shape index (κ2) is 7.59. The number of methoxy groups -OCH3 is 1. The molecule has 0 aliphatic carbocycles. The Hall–Kier alpha value is -2.14. The molecule has 0 saturated heterocycles. The summed E-state index contributed by atoms with van der Waals surface area (Å²) in [5.74, 6) is 1.66. The van der Waals surface area contributed by atoms with Crippen molar-refractivity contribution in [3.8, 4) is 5.75 Å². The molecule has 0 aliphatic heterocycles. The minimum absolute atomic E-state index is 0.271. The second-order valence-electron chi connectivity index (χ2n) is 4.24. The van der Waals surface area contributed by atoms with E-state index in [0.29, 0.717) is 11.4 Å². The van der Waals surface area contributed by atoms with Gasteiger partial charge in [0.2, 0.25) is 0 Å². The number of amides is 2. The number of benzene rings is 2. The van der Waals surface area contributed by atoms with E-state index < -0.39 is 0 Å². The van der Waals surface area contributed by atoms with Crippen molar-refractivity contribution >= 4 is 29.2 Å². The van der Waals surface area contributed by atoms with E-state index >= 15 is 0 Å². The smallest absolute Gasteiger partial charge is 0.323 e. The summed E-state index contributed by atoms with van der Waals surface area (Å²) in [4.78, 5) is 13.1. The van der Waals surface area contributed by atoms with E-state index in [0.717, 1.165) is 16.3 Å². The maximum atomic E-state index is 12.1. The predicted molar refractivity (Wildman–Crippen MR) is 88.5 cm³/mol. The Bertz CT molecular complexity index is 617. The number of hydrogen-bond acceptors (Lipinski definition) is 3. The van der Waals surface area contributed by atoms with Crippen molar-refractivity contribution in [1.29, 1.82) is 0 Å². The molecule has 0 radical (unpaired) electrons. The molecule has 0 aromatic heterocycles. The summed E-state index contributed by atoms with van der Waals surface area (Å²) in [6.07, 6.45) is 0. The van der Waals surface area contributed by atoms with E-state index in [2.05, 4.69) is 17.6 Å². The second-order valence-corrected chi connectivity index (χ2v) is 5.55. The molecule has 2 aromatic rings. The van der Waals surface area contributed by atoms with Crippen LogP contribution in [-0.4, -0.2) is 18.9 Å². The zero-order valence-electron chi connectivity index (χ0n) is 12.1. The highest BCUT2D eigenvalue weighted by atomic mass is 32.2. The van der Waals surface area contributed by atoms with Gasteiger partial charge in [0.1, 0.15) is 5.75 Å². The van der Waals surface area contributed by atoms with E-state index in [1.54, 1.807) is 24.9 Å². The number of ether oxygens (including phenoxy) is 1. The van der Waals surface area contributed by atoms with Gasteiger partial charge in [-0.2, -0.15) is 0 Å². The van der Waals surface area contributed by atoms with Crippen molar-refractivity contribution in [1.82, 2.24) is 0 Å². The Morgan fingerprint density at radius 1 is 1.14 bits per heavy atom. The van der Waals surface area contributed by atoms with E-state index in [9.17, 15) is 4.79 Å². The fourth-order valence-electron chi connectivity index (χ4n) is 1.84. The highest BCUT2D eigenvalue weighted by molar-refractivity contribution is 7.99. The number of hydrogen-bond donors (Lipinski definition) is 2. The third-order valence-corrected chi connectivity index (χ3v) is 3.72. The van der Waals surface area contributed by atoms with Crippen molar-refractivity contribution in [3.05, 3.63) is 48.5 Å². The van der Waals surface area contributed by atoms with Gasteiger partial charge in [-0.25, -0.2) is 4.79 Å². The Morgan fingerprint density at radius 2 is 1.95 bits per heavy atom. The van der Waals surface area contributed by atoms with Gasteiger partial charge >= 0.3 is 6.03 Å². The average molecular weight is 302 g/mol. The number of anilines is 2. The van der Waals surface area contributed by atoms with Gasteiger partial charge in [0.15, 0.2) is 0 Å². The van der Waals surface area contributed by atoms with Crippen molar-refractivity contribution in [3.63, 3.8) is 0 Å². The number of nitrogens with one attached hydrogen (secondary N) is 2. The molecular formula is C16H18N2O2S. The summed E-state index contributed by atoms with van der Waals surface area (Å²) in [6, 6.07) is 14.7. The lowest BCUT2D eigenvalue weighted by molar-refractivity contribution is 0.262. The van der Waals surface area contributed by atoms with Crippen LogP contribution in [0.4, 0.5) is 16.2 Å². The van der Waals surface area contributed by atoms with Crippen LogP contribution in [0.1, 0.15) is 6.92 Å². The summed E-state index contributed by atoms with van der Waals surface area (Å²) in [5, 5.41) is 5.66. The lowest BCUT2D eigenvalue weighted by atomic mass is 10.3. The largest absolute Gasteiger partial charge is 0.497 e. The number of thioether (sulfide) groups is 1. The molecule has 2 amide bonds. The first-order chi connectivity index (χ1) is 10.2. The maximum Gasteiger partial charge on any atom is 0.323 e. The van der Waals surface area contributed by atoms with Crippen LogP contribution >= 0.6 is 11.8 Å². The predicted octanol–water partition coefficient (Wildman–Crippen LogP) is 4.45. The molecule has 0 spiro atoms. The molecule has 0 heterocycles. The Labute approximate surface area is 128 Å². The molecule has 2 aromatic carbocycles. The third kappa shape index (κ3) is 4.43. The summed E-state index contributed by atoms with van der Waals surface area (Å²) in [5.41, 5.74) is 1.50. The molecule has 21 heavy (non-hydrogen) atoms. The Kier molecular flexibility index (Phi) is 5.51. The van der Waals surface area contributed by atoms with Gasteiger partial charge in [-0.15, -0.1) is 11.8 Å². The fraction of sp³-hybridized carbons (Fsp3) is 0.188. The molecule has 0 bridgehead atoms. The lowest BCUT2D eigenvalue weighted by Crippen LogP contribution is -2.19. The van der Waals surface area contributed by atoms with Crippen LogP contribution in [0, 0.1) is 0 Å². The number of carbonyl (C=O) groups is 1. The maximum absolute atomic E-state index is 12.1. The van der Waals surface area contributed by atoms with Gasteiger partial charge in [0, 0.05) is 16.6 Å². The lowest BCUT2D eigenvalue weighted by Gasteiger charge is -2.11. The number of urea groups is 1. The topological polar surface area (TPSA) is 50.4 Å². The van der Waals surface area contributed by atoms with Crippen molar-refractivity contribution < 1.29 is 9.53 Å². The zero-order chi connectivity index (χ0) is 15.1. The molecular weight excluding hydrogens is 284 g/mol. The van der Waals surface area contributed by atoms with Gasteiger partial charge in [-0.05, 0) is 30.0 Å². The van der Waals surface area contributed by atoms with E-state index in [-0.39, 0.29) is 6.03 Å². The zero-order valence-corrected chi connectivity index (χ0v) is 12.9. The average Bonchev–Trinajstić information content (AvgIpc) is 2.49. The van der Waals surface area contributed by atoms with Gasteiger partial charge in [0.25, 0.3) is 0 Å². The minimum atomic E-state index is -0.271. The van der Waals surface area contributed by atoms with Crippen LogP contribution in [0.25, 0.3) is 0 Å². The molecule has 0 fully saturated rings. The molecule has 5 heteroatoms. The van der Waals surface area contributed by atoms with Crippen LogP contribution in [0.5, 0.6) is 5.75 Å². The molecule has 4 nitrogen and oxygen atoms in total. The van der Waals surface area contributed by atoms with E-state index in [1.807, 2.05) is 42.5 Å². The SMILES string of the molecule is CCSc1ccccc1NC(=O)Nc1cccc(OC)c1. The summed E-state index contributed by atoms with van der Waals surface area (Å²) < 4.78 is 5.13. The highest BCUT2D eigenvalue weighted by Crippen LogP contribution is 2.26. The summed E-state index contributed by atoms with van der Waals surface area (Å²) in [7, 11) is 1.59. The van der Waals surface area contributed by atoms with E-state index in [1.165, 1.54) is 0 Å². The van der Waals surface area contributed by atoms with Crippen LogP contribution in [-0.2, 0) is 0 Å². The molecule has 0 atom stereocenters. The molecule has 2 N–H and O–H groups in total. The van der Waals surface area contributed by atoms with Crippen LogP contribution in [0.15, 0.2) is 53.4 Å². The van der Waals surface area contributed by atoms with Crippen molar-refractivity contribution in [2.75, 3.05) is 23.5 Å². The standard InChI is InChI=1S/C16H18N2O2S/c1-3-21-15-10-5-4-9-14(15)18-16(19)17-12-7-6-8-13(11-12)20-2/h4-11H,3H2,1-2H3,(H2,17,18,19). The molecule has 2 rings (SSSR count). The van der Waals surface area contributed by atoms with Gasteiger partial charge in [0.05, 0.1) is 12.8 Å². The quantitative estimate of drug-likeness (QED) is 0.802. The first-order valence-corrected chi connectivity index (χ1v) is 7.65. The number of para-hydroxylation sites is 1. The summed E-state index contributed by atoms with van der Waals surface area (Å²) >= 11 is 1.69. The molecule has 0 saturated carbocycles. The number of carbonyl (C=O) groups excluding carboxylic acids is 1. The Balaban J connectivity index is 2.04. The molecule has 110 valence electrons. The highest BCUT2D eigenvalue weighted by Gasteiger charge is 2.07. The summed E-state index contributed by atoms with van der Waals surface area (Å²) in [6.45, 7) is 2.08. The van der Waals surface area contributed by atoms with Crippen LogP contribution in [0.2, 0.25) is 0 Å². The third-order valence-electron chi connectivity index (χ3n) is 2.76. The Morgan fingerprint density at radius 3 is 2.71 bits per heavy atom. The monoisotopic (exact) mass is 302 g/mol. The molecule has 0 unspecified atom stereocenters. The van der Waals surface area contributed by atoms with Gasteiger partial charge < -0.3 is 15.4 Å². The first-order valence-electron chi connectivity index (χ1n) is 6.67. The van der Waals surface area contributed by atoms with Gasteiger partial charge in [-0.1, -0.05) is 25.1 Å². The van der Waals surface area contributed by atoms with Crippen molar-refractivity contribution in [2.24, 2.45) is 0 Å². The van der Waals surface area contributed by atoms with Gasteiger partial charge in [-0.3, -0.25) is 0 Å². The van der Waals surface area contributed by atoms with Crippen LogP contribution in [0.3, 0.4) is 0 Å².